The topological polar surface area (TPSA) is 43.9 Å². The fourth-order valence-corrected chi connectivity index (χ4v) is 4.26. The van der Waals surface area contributed by atoms with E-state index in [2.05, 4.69) is 4.90 Å². The molecule has 0 radical (unpaired) electrons. The Morgan fingerprint density at radius 3 is 2.75 bits per heavy atom. The van der Waals surface area contributed by atoms with Crippen molar-refractivity contribution < 1.29 is 9.59 Å². The molecule has 3 aliphatic heterocycles. The van der Waals surface area contributed by atoms with E-state index in [1.54, 1.807) is 0 Å². The number of rotatable bonds is 3. The summed E-state index contributed by atoms with van der Waals surface area (Å²) in [6, 6.07) is 8.02. The second-order valence-electron chi connectivity index (χ2n) is 7.09. The molecule has 0 aliphatic carbocycles. The summed E-state index contributed by atoms with van der Waals surface area (Å²) < 4.78 is 0. The normalized spacial score (nSPS) is 24.0. The Morgan fingerprint density at radius 1 is 1.12 bits per heavy atom. The fourth-order valence-electron chi connectivity index (χ4n) is 4.26. The number of benzene rings is 1. The molecule has 0 spiro atoms. The number of fused-ring (bicyclic) bond motifs is 2. The summed E-state index contributed by atoms with van der Waals surface area (Å²) in [5.41, 5.74) is 2.08. The summed E-state index contributed by atoms with van der Waals surface area (Å²) in [7, 11) is 0. The summed E-state index contributed by atoms with van der Waals surface area (Å²) in [5, 5.41) is 0. The average molecular weight is 327 g/mol. The summed E-state index contributed by atoms with van der Waals surface area (Å²) in [6.45, 7) is 3.68. The van der Waals surface area contributed by atoms with Crippen LogP contribution in [0.3, 0.4) is 0 Å². The average Bonchev–Trinajstić information content (AvgIpc) is 2.99. The lowest BCUT2D eigenvalue weighted by Crippen LogP contribution is -2.52. The van der Waals surface area contributed by atoms with Crippen molar-refractivity contribution in [2.75, 3.05) is 24.5 Å². The highest BCUT2D eigenvalue weighted by atomic mass is 16.2. The van der Waals surface area contributed by atoms with Gasteiger partial charge in [-0.15, -0.1) is 0 Å². The standard InChI is InChI=1S/C19H25N3O2/c23-18-9-8-17-21(18)14-15-6-2-3-7-16(15)22(17)19(24)10-13-20-11-4-1-5-12-20/h2-3,6-7,17H,1,4-5,8-14H2. The number of amides is 2. The summed E-state index contributed by atoms with van der Waals surface area (Å²) >= 11 is 0. The quantitative estimate of drug-likeness (QED) is 0.856. The number of likely N-dealkylation sites (tertiary alicyclic amines) is 1. The molecule has 0 aromatic heterocycles. The van der Waals surface area contributed by atoms with Gasteiger partial charge in [-0.3, -0.25) is 14.5 Å². The van der Waals surface area contributed by atoms with Crippen molar-refractivity contribution >= 4 is 17.5 Å². The Bertz CT molecular complexity index is 639. The Labute approximate surface area is 143 Å². The van der Waals surface area contributed by atoms with E-state index in [9.17, 15) is 9.59 Å². The number of para-hydroxylation sites is 1. The number of nitrogens with zero attached hydrogens (tertiary/aromatic N) is 3. The minimum atomic E-state index is -0.0822. The number of anilines is 1. The lowest BCUT2D eigenvalue weighted by molar-refractivity contribution is -0.130. The molecule has 2 fully saturated rings. The Balaban J connectivity index is 1.53. The molecule has 0 N–H and O–H groups in total. The van der Waals surface area contributed by atoms with Crippen molar-refractivity contribution in [2.24, 2.45) is 0 Å². The third kappa shape index (κ3) is 2.81. The summed E-state index contributed by atoms with van der Waals surface area (Å²) in [6.07, 6.45) is 5.55. The lowest BCUT2D eigenvalue weighted by atomic mass is 10.1. The van der Waals surface area contributed by atoms with E-state index >= 15 is 0 Å². The van der Waals surface area contributed by atoms with Crippen molar-refractivity contribution in [1.29, 1.82) is 0 Å². The number of carbonyl (C=O) groups is 2. The maximum absolute atomic E-state index is 13.0. The number of carbonyl (C=O) groups excluding carboxylic acids is 2. The molecule has 5 heteroatoms. The van der Waals surface area contributed by atoms with Crippen LogP contribution in [0, 0.1) is 0 Å². The molecule has 0 saturated carbocycles. The van der Waals surface area contributed by atoms with E-state index in [0.29, 0.717) is 19.4 Å². The highest BCUT2D eigenvalue weighted by molar-refractivity contribution is 5.97. The Hall–Kier alpha value is -1.88. The van der Waals surface area contributed by atoms with E-state index in [4.69, 9.17) is 0 Å². The largest absolute Gasteiger partial charge is 0.317 e. The van der Waals surface area contributed by atoms with Crippen LogP contribution in [0.1, 0.15) is 44.1 Å². The molecule has 128 valence electrons. The first kappa shape index (κ1) is 15.6. The van der Waals surface area contributed by atoms with E-state index in [0.717, 1.165) is 37.3 Å². The fraction of sp³-hybridized carbons (Fsp3) is 0.579. The maximum Gasteiger partial charge on any atom is 0.229 e. The molecule has 1 atom stereocenters. The molecule has 0 bridgehead atoms. The van der Waals surface area contributed by atoms with Gasteiger partial charge in [-0.1, -0.05) is 24.6 Å². The van der Waals surface area contributed by atoms with Gasteiger partial charge in [0.05, 0.1) is 5.69 Å². The lowest BCUT2D eigenvalue weighted by Gasteiger charge is -2.41. The number of piperidine rings is 1. The molecular formula is C19H25N3O2. The minimum Gasteiger partial charge on any atom is -0.317 e. The minimum absolute atomic E-state index is 0.0822. The van der Waals surface area contributed by atoms with Crippen LogP contribution in [0.4, 0.5) is 5.69 Å². The van der Waals surface area contributed by atoms with Gasteiger partial charge in [0.15, 0.2) is 0 Å². The molecular weight excluding hydrogens is 302 g/mol. The molecule has 1 aromatic rings. The van der Waals surface area contributed by atoms with Gasteiger partial charge >= 0.3 is 0 Å². The van der Waals surface area contributed by atoms with Crippen molar-refractivity contribution in [3.05, 3.63) is 29.8 Å². The Morgan fingerprint density at radius 2 is 1.92 bits per heavy atom. The SMILES string of the molecule is O=C1CCC2N1Cc1ccccc1N2C(=O)CCN1CCCCC1. The molecule has 2 saturated heterocycles. The first-order valence-electron chi connectivity index (χ1n) is 9.16. The van der Waals surface area contributed by atoms with Crippen LogP contribution in [-0.4, -0.2) is 47.4 Å². The molecule has 24 heavy (non-hydrogen) atoms. The molecule has 1 aromatic carbocycles. The van der Waals surface area contributed by atoms with Crippen LogP contribution in [-0.2, 0) is 16.1 Å². The van der Waals surface area contributed by atoms with Gasteiger partial charge in [-0.25, -0.2) is 0 Å². The molecule has 5 nitrogen and oxygen atoms in total. The van der Waals surface area contributed by atoms with Gasteiger partial charge in [0, 0.05) is 25.9 Å². The highest BCUT2D eigenvalue weighted by Crippen LogP contribution is 2.36. The van der Waals surface area contributed by atoms with Gasteiger partial charge in [0.1, 0.15) is 6.17 Å². The first-order chi connectivity index (χ1) is 11.7. The van der Waals surface area contributed by atoms with Crippen LogP contribution in [0.15, 0.2) is 24.3 Å². The smallest absolute Gasteiger partial charge is 0.229 e. The molecule has 3 aliphatic rings. The second kappa shape index (κ2) is 6.55. The van der Waals surface area contributed by atoms with Crippen molar-refractivity contribution in [3.8, 4) is 0 Å². The predicted octanol–water partition coefficient (Wildman–Crippen LogP) is 2.36. The van der Waals surface area contributed by atoms with E-state index < -0.39 is 0 Å². The molecule has 3 heterocycles. The third-order valence-corrected chi connectivity index (χ3v) is 5.55. The van der Waals surface area contributed by atoms with Crippen LogP contribution in [0.5, 0.6) is 0 Å². The zero-order valence-corrected chi connectivity index (χ0v) is 14.1. The summed E-state index contributed by atoms with van der Waals surface area (Å²) in [5.74, 6) is 0.320. The maximum atomic E-state index is 13.0. The van der Waals surface area contributed by atoms with Crippen molar-refractivity contribution in [2.45, 2.75) is 51.2 Å². The van der Waals surface area contributed by atoms with Gasteiger partial charge in [0.25, 0.3) is 0 Å². The highest BCUT2D eigenvalue weighted by Gasteiger charge is 2.42. The zero-order valence-electron chi connectivity index (χ0n) is 14.1. The number of hydrogen-bond acceptors (Lipinski definition) is 3. The number of hydrogen-bond donors (Lipinski definition) is 0. The monoisotopic (exact) mass is 327 g/mol. The zero-order chi connectivity index (χ0) is 16.5. The van der Waals surface area contributed by atoms with E-state index in [1.165, 1.54) is 19.3 Å². The van der Waals surface area contributed by atoms with Crippen molar-refractivity contribution in [1.82, 2.24) is 9.80 Å². The second-order valence-corrected chi connectivity index (χ2v) is 7.09. The molecule has 1 unspecified atom stereocenters. The third-order valence-electron chi connectivity index (χ3n) is 5.55. The molecule has 2 amide bonds. The summed E-state index contributed by atoms with van der Waals surface area (Å²) in [4.78, 5) is 31.4. The molecule has 4 rings (SSSR count). The van der Waals surface area contributed by atoms with Gasteiger partial charge < -0.3 is 9.80 Å². The predicted molar refractivity (Wildman–Crippen MR) is 92.4 cm³/mol. The van der Waals surface area contributed by atoms with Crippen LogP contribution in [0.2, 0.25) is 0 Å². The van der Waals surface area contributed by atoms with Gasteiger partial charge in [-0.2, -0.15) is 0 Å². The van der Waals surface area contributed by atoms with E-state index in [-0.39, 0.29) is 18.0 Å². The van der Waals surface area contributed by atoms with Crippen molar-refractivity contribution in [3.63, 3.8) is 0 Å². The van der Waals surface area contributed by atoms with Crippen LogP contribution in [0.25, 0.3) is 0 Å². The Kier molecular flexibility index (Phi) is 4.27. The van der Waals surface area contributed by atoms with Gasteiger partial charge in [-0.05, 0) is 44.0 Å². The van der Waals surface area contributed by atoms with Crippen LogP contribution >= 0.6 is 0 Å². The van der Waals surface area contributed by atoms with E-state index in [1.807, 2.05) is 34.1 Å². The van der Waals surface area contributed by atoms with Crippen LogP contribution < -0.4 is 4.90 Å². The first-order valence-corrected chi connectivity index (χ1v) is 9.16. The van der Waals surface area contributed by atoms with Gasteiger partial charge in [0.2, 0.25) is 11.8 Å².